The van der Waals surface area contributed by atoms with Gasteiger partial charge in [0.1, 0.15) is 17.4 Å². The number of ether oxygens (including phenoxy) is 1. The predicted molar refractivity (Wildman–Crippen MR) is 105 cm³/mol. The number of carbonyl (C=O) groups is 1. The van der Waals surface area contributed by atoms with Gasteiger partial charge in [0.05, 0.1) is 11.7 Å². The van der Waals surface area contributed by atoms with Crippen LogP contribution >= 0.6 is 11.3 Å². The Labute approximate surface area is 166 Å². The molecule has 1 amide bonds. The Bertz CT molecular complexity index is 934. The van der Waals surface area contributed by atoms with Crippen LogP contribution in [0.3, 0.4) is 0 Å². The minimum absolute atomic E-state index is 0.0811. The van der Waals surface area contributed by atoms with Crippen LogP contribution in [0.15, 0.2) is 54.0 Å². The molecule has 0 unspecified atom stereocenters. The van der Waals surface area contributed by atoms with Crippen LogP contribution in [0.25, 0.3) is 0 Å². The second-order valence-electron chi connectivity index (χ2n) is 6.40. The number of hydrogen-bond acceptors (Lipinski definition) is 6. The van der Waals surface area contributed by atoms with Gasteiger partial charge in [-0.15, -0.1) is 11.3 Å². The molecule has 144 valence electrons. The maximum atomic E-state index is 13.0. The van der Waals surface area contributed by atoms with E-state index in [1.165, 1.54) is 35.6 Å². The standard InChI is InChI=1S/C20H19FN4O2S/c21-14-6-8-15(9-7-14)27-13-19(26)25-11-2-4-17(25)16-3-1-5-18(23-16)24-20-22-10-12-28-20/h1,3,5-10,12,17H,2,4,11,13H2,(H,22,23,24)/t17-/m0/s1. The van der Waals surface area contributed by atoms with Crippen LogP contribution in [0.5, 0.6) is 5.75 Å². The molecular weight excluding hydrogens is 379 g/mol. The molecule has 3 aromatic rings. The van der Waals surface area contributed by atoms with Crippen molar-refractivity contribution in [2.45, 2.75) is 18.9 Å². The van der Waals surface area contributed by atoms with Crippen LogP contribution in [-0.4, -0.2) is 33.9 Å². The molecule has 1 N–H and O–H groups in total. The van der Waals surface area contributed by atoms with Gasteiger partial charge in [-0.05, 0) is 49.2 Å². The zero-order valence-electron chi connectivity index (χ0n) is 15.0. The maximum absolute atomic E-state index is 13.0. The van der Waals surface area contributed by atoms with Crippen molar-refractivity contribution in [1.82, 2.24) is 14.9 Å². The molecule has 3 heterocycles. The zero-order chi connectivity index (χ0) is 19.3. The fourth-order valence-corrected chi connectivity index (χ4v) is 3.77. The summed E-state index contributed by atoms with van der Waals surface area (Å²) in [6, 6.07) is 11.3. The number of likely N-dealkylation sites (tertiary alicyclic amines) is 1. The van der Waals surface area contributed by atoms with Gasteiger partial charge in [0.25, 0.3) is 5.91 Å². The van der Waals surface area contributed by atoms with Gasteiger partial charge in [0, 0.05) is 18.1 Å². The normalized spacial score (nSPS) is 16.2. The molecule has 1 aliphatic heterocycles. The van der Waals surface area contributed by atoms with Gasteiger partial charge in [-0.25, -0.2) is 14.4 Å². The van der Waals surface area contributed by atoms with Gasteiger partial charge in [-0.2, -0.15) is 0 Å². The summed E-state index contributed by atoms with van der Waals surface area (Å²) in [7, 11) is 0. The summed E-state index contributed by atoms with van der Waals surface area (Å²) in [5, 5.41) is 5.85. The number of amides is 1. The molecule has 8 heteroatoms. The molecule has 2 aromatic heterocycles. The third kappa shape index (κ3) is 4.28. The minimum atomic E-state index is -0.337. The SMILES string of the molecule is O=C(COc1ccc(F)cc1)N1CCC[C@H]1c1cccc(Nc2nccs2)n1. The van der Waals surface area contributed by atoms with Crippen molar-refractivity contribution in [3.8, 4) is 5.75 Å². The molecule has 0 radical (unpaired) electrons. The van der Waals surface area contributed by atoms with E-state index in [2.05, 4.69) is 15.3 Å². The van der Waals surface area contributed by atoms with E-state index in [0.717, 1.165) is 23.7 Å². The van der Waals surface area contributed by atoms with Crippen LogP contribution in [0.2, 0.25) is 0 Å². The van der Waals surface area contributed by atoms with Crippen LogP contribution in [-0.2, 0) is 4.79 Å². The largest absolute Gasteiger partial charge is 0.484 e. The molecule has 0 bridgehead atoms. The lowest BCUT2D eigenvalue weighted by Gasteiger charge is -2.24. The Kier molecular flexibility index (Phi) is 5.48. The molecule has 1 aromatic carbocycles. The van der Waals surface area contributed by atoms with E-state index >= 15 is 0 Å². The number of pyridine rings is 1. The highest BCUT2D eigenvalue weighted by Crippen LogP contribution is 2.32. The Hall–Kier alpha value is -3.00. The summed E-state index contributed by atoms with van der Waals surface area (Å²) in [6.07, 6.45) is 3.50. The summed E-state index contributed by atoms with van der Waals surface area (Å²) in [6.45, 7) is 0.585. The van der Waals surface area contributed by atoms with Crippen LogP contribution in [0.4, 0.5) is 15.3 Å². The second-order valence-corrected chi connectivity index (χ2v) is 7.29. The lowest BCUT2D eigenvalue weighted by Crippen LogP contribution is -2.34. The lowest BCUT2D eigenvalue weighted by atomic mass is 10.1. The quantitative estimate of drug-likeness (QED) is 0.675. The lowest BCUT2D eigenvalue weighted by molar-refractivity contribution is -0.134. The highest BCUT2D eigenvalue weighted by atomic mass is 32.1. The summed E-state index contributed by atoms with van der Waals surface area (Å²) in [5.74, 6) is 0.732. The fraction of sp³-hybridized carbons (Fsp3) is 0.250. The van der Waals surface area contributed by atoms with Gasteiger partial charge in [0.15, 0.2) is 11.7 Å². The van der Waals surface area contributed by atoms with Crippen molar-refractivity contribution in [3.63, 3.8) is 0 Å². The smallest absolute Gasteiger partial charge is 0.261 e. The number of nitrogens with zero attached hydrogens (tertiary/aromatic N) is 3. The van der Waals surface area contributed by atoms with Crippen LogP contribution in [0, 0.1) is 5.82 Å². The number of carbonyl (C=O) groups excluding carboxylic acids is 1. The highest BCUT2D eigenvalue weighted by molar-refractivity contribution is 7.13. The molecule has 0 aliphatic carbocycles. The average molecular weight is 398 g/mol. The Morgan fingerprint density at radius 1 is 1.29 bits per heavy atom. The van der Waals surface area contributed by atoms with Crippen molar-refractivity contribution in [2.75, 3.05) is 18.5 Å². The number of benzene rings is 1. The van der Waals surface area contributed by atoms with Crippen LogP contribution < -0.4 is 10.1 Å². The predicted octanol–water partition coefficient (Wildman–Crippen LogP) is 4.16. The van der Waals surface area contributed by atoms with Crippen LogP contribution in [0.1, 0.15) is 24.6 Å². The third-order valence-corrected chi connectivity index (χ3v) is 5.22. The van der Waals surface area contributed by atoms with E-state index in [4.69, 9.17) is 4.74 Å². The molecule has 1 aliphatic rings. The summed E-state index contributed by atoms with van der Waals surface area (Å²) >= 11 is 1.50. The number of aromatic nitrogens is 2. The Morgan fingerprint density at radius 3 is 2.93 bits per heavy atom. The molecule has 4 rings (SSSR count). The first kappa shape index (κ1) is 18.4. The summed E-state index contributed by atoms with van der Waals surface area (Å²) in [4.78, 5) is 23.4. The van der Waals surface area contributed by atoms with Gasteiger partial charge >= 0.3 is 0 Å². The number of hydrogen-bond donors (Lipinski definition) is 1. The van der Waals surface area contributed by atoms with Gasteiger partial charge in [-0.1, -0.05) is 6.07 Å². The number of anilines is 2. The van der Waals surface area contributed by atoms with Crippen molar-refractivity contribution in [1.29, 1.82) is 0 Å². The summed E-state index contributed by atoms with van der Waals surface area (Å²) in [5.41, 5.74) is 0.842. The maximum Gasteiger partial charge on any atom is 0.261 e. The monoisotopic (exact) mass is 398 g/mol. The van der Waals surface area contributed by atoms with E-state index in [1.807, 2.05) is 23.6 Å². The first-order valence-electron chi connectivity index (χ1n) is 9.00. The van der Waals surface area contributed by atoms with Gasteiger partial charge < -0.3 is 15.0 Å². The molecule has 1 fully saturated rings. The number of halogens is 1. The molecule has 1 atom stereocenters. The first-order chi connectivity index (χ1) is 13.7. The van der Waals surface area contributed by atoms with E-state index in [-0.39, 0.29) is 24.4 Å². The van der Waals surface area contributed by atoms with Crippen molar-refractivity contribution in [2.24, 2.45) is 0 Å². The molecule has 28 heavy (non-hydrogen) atoms. The topological polar surface area (TPSA) is 67.3 Å². The van der Waals surface area contributed by atoms with E-state index in [9.17, 15) is 9.18 Å². The molecule has 1 saturated heterocycles. The number of rotatable bonds is 6. The average Bonchev–Trinajstić information content (AvgIpc) is 3.39. The Balaban J connectivity index is 1.42. The van der Waals surface area contributed by atoms with Gasteiger partial charge in [-0.3, -0.25) is 4.79 Å². The second kappa shape index (κ2) is 8.35. The van der Waals surface area contributed by atoms with Crippen molar-refractivity contribution >= 4 is 28.2 Å². The highest BCUT2D eigenvalue weighted by Gasteiger charge is 2.31. The summed E-state index contributed by atoms with van der Waals surface area (Å²) < 4.78 is 18.5. The molecule has 6 nitrogen and oxygen atoms in total. The van der Waals surface area contributed by atoms with Crippen molar-refractivity contribution < 1.29 is 13.9 Å². The molecular formula is C20H19FN4O2S. The van der Waals surface area contributed by atoms with E-state index in [1.54, 1.807) is 11.1 Å². The zero-order valence-corrected chi connectivity index (χ0v) is 15.9. The van der Waals surface area contributed by atoms with Gasteiger partial charge in [0.2, 0.25) is 0 Å². The number of nitrogens with one attached hydrogen (secondary N) is 1. The number of thiazole rings is 1. The molecule has 0 saturated carbocycles. The Morgan fingerprint density at radius 2 is 2.14 bits per heavy atom. The fourth-order valence-electron chi connectivity index (χ4n) is 3.23. The third-order valence-electron chi connectivity index (χ3n) is 4.53. The van der Waals surface area contributed by atoms with E-state index in [0.29, 0.717) is 18.1 Å². The first-order valence-corrected chi connectivity index (χ1v) is 9.88. The van der Waals surface area contributed by atoms with E-state index < -0.39 is 0 Å². The van der Waals surface area contributed by atoms with Crippen molar-refractivity contribution in [3.05, 3.63) is 65.6 Å². The molecule has 0 spiro atoms. The minimum Gasteiger partial charge on any atom is -0.484 e.